The molecule has 0 saturated carbocycles. The highest BCUT2D eigenvalue weighted by molar-refractivity contribution is 5.98. The van der Waals surface area contributed by atoms with Gasteiger partial charge in [0.25, 0.3) is 5.91 Å². The van der Waals surface area contributed by atoms with E-state index in [9.17, 15) is 14.4 Å². The maximum absolute atomic E-state index is 11.9. The first-order valence-electron chi connectivity index (χ1n) is 7.67. The normalized spacial score (nSPS) is 10.0. The molecule has 0 radical (unpaired) electrons. The van der Waals surface area contributed by atoms with Crippen LogP contribution in [0.1, 0.15) is 33.2 Å². The molecule has 0 aromatic heterocycles. The van der Waals surface area contributed by atoms with Gasteiger partial charge in [0, 0.05) is 12.1 Å². The number of esters is 1. The van der Waals surface area contributed by atoms with Crippen molar-refractivity contribution in [3.63, 3.8) is 0 Å². The second-order valence-corrected chi connectivity index (χ2v) is 5.34. The van der Waals surface area contributed by atoms with Crippen LogP contribution in [0.2, 0.25) is 0 Å². The molecule has 2 rings (SSSR count). The Morgan fingerprint density at radius 2 is 1.68 bits per heavy atom. The summed E-state index contributed by atoms with van der Waals surface area (Å²) in [4.78, 5) is 35.0. The van der Waals surface area contributed by atoms with Crippen molar-refractivity contribution < 1.29 is 23.9 Å². The number of carbonyl (C=O) groups excluding carboxylic acids is 3. The predicted molar refractivity (Wildman–Crippen MR) is 91.6 cm³/mol. The lowest BCUT2D eigenvalue weighted by Crippen LogP contribution is -2.28. The number of hydrogen-bond donors (Lipinski definition) is 1. The molecule has 0 heterocycles. The molecule has 0 saturated heterocycles. The number of benzene rings is 2. The molecular weight excluding hydrogens is 322 g/mol. The van der Waals surface area contributed by atoms with Crippen LogP contribution in [-0.2, 0) is 16.1 Å². The zero-order valence-corrected chi connectivity index (χ0v) is 14.1. The van der Waals surface area contributed by atoms with Gasteiger partial charge in [0.1, 0.15) is 5.75 Å². The summed E-state index contributed by atoms with van der Waals surface area (Å²) in [7, 11) is 1.58. The molecule has 6 nitrogen and oxygen atoms in total. The zero-order chi connectivity index (χ0) is 18.2. The smallest absolute Gasteiger partial charge is 0.338 e. The molecule has 0 unspecified atom stereocenters. The van der Waals surface area contributed by atoms with Crippen molar-refractivity contribution in [2.24, 2.45) is 0 Å². The summed E-state index contributed by atoms with van der Waals surface area (Å²) in [6, 6.07) is 13.4. The maximum Gasteiger partial charge on any atom is 0.338 e. The van der Waals surface area contributed by atoms with Gasteiger partial charge in [0.15, 0.2) is 12.4 Å². The molecule has 0 atom stereocenters. The summed E-state index contributed by atoms with van der Waals surface area (Å²) in [6.07, 6.45) is 0. The van der Waals surface area contributed by atoms with Crippen LogP contribution in [0.4, 0.5) is 0 Å². The van der Waals surface area contributed by atoms with Gasteiger partial charge in [-0.3, -0.25) is 9.59 Å². The molecule has 0 aliphatic rings. The molecule has 2 aromatic carbocycles. The molecule has 0 fully saturated rings. The van der Waals surface area contributed by atoms with E-state index in [2.05, 4.69) is 5.32 Å². The summed E-state index contributed by atoms with van der Waals surface area (Å²) < 4.78 is 10.0. The average molecular weight is 341 g/mol. The standard InChI is InChI=1S/C19H19NO5/c1-13(21)15-4-3-5-16(10-15)19(23)25-12-18(22)20-11-14-6-8-17(24-2)9-7-14/h3-10H,11-12H2,1-2H3,(H,20,22). The fourth-order valence-corrected chi connectivity index (χ4v) is 2.07. The SMILES string of the molecule is COc1ccc(CNC(=O)COC(=O)c2cccc(C(C)=O)c2)cc1. The Hall–Kier alpha value is -3.15. The number of Topliss-reactive ketones (excluding diaryl/α,β-unsaturated/α-hetero) is 1. The van der Waals surface area contributed by atoms with Crippen LogP contribution >= 0.6 is 0 Å². The minimum atomic E-state index is -0.650. The van der Waals surface area contributed by atoms with E-state index in [1.54, 1.807) is 31.4 Å². The molecule has 130 valence electrons. The van der Waals surface area contributed by atoms with E-state index in [4.69, 9.17) is 9.47 Å². The molecule has 1 N–H and O–H groups in total. The quantitative estimate of drug-likeness (QED) is 0.618. The first kappa shape index (κ1) is 18.2. The Bertz CT molecular complexity index is 768. The number of ketones is 1. The van der Waals surface area contributed by atoms with Crippen LogP contribution in [-0.4, -0.2) is 31.4 Å². The van der Waals surface area contributed by atoms with Crippen LogP contribution in [0, 0.1) is 0 Å². The number of nitrogens with one attached hydrogen (secondary N) is 1. The Morgan fingerprint density at radius 3 is 2.32 bits per heavy atom. The van der Waals surface area contributed by atoms with E-state index in [-0.39, 0.29) is 18.0 Å². The summed E-state index contributed by atoms with van der Waals surface area (Å²) in [5.41, 5.74) is 1.55. The summed E-state index contributed by atoms with van der Waals surface area (Å²) in [6.45, 7) is 1.34. The minimum absolute atomic E-state index is 0.146. The molecule has 1 amide bonds. The van der Waals surface area contributed by atoms with Crippen LogP contribution < -0.4 is 10.1 Å². The number of ether oxygens (including phenoxy) is 2. The van der Waals surface area contributed by atoms with E-state index in [0.717, 1.165) is 11.3 Å². The second-order valence-electron chi connectivity index (χ2n) is 5.34. The third kappa shape index (κ3) is 5.46. The first-order valence-corrected chi connectivity index (χ1v) is 7.67. The zero-order valence-electron chi connectivity index (χ0n) is 14.1. The van der Waals surface area contributed by atoms with E-state index in [1.807, 2.05) is 12.1 Å². The van der Waals surface area contributed by atoms with Crippen molar-refractivity contribution in [1.82, 2.24) is 5.32 Å². The lowest BCUT2D eigenvalue weighted by atomic mass is 10.1. The Morgan fingerprint density at radius 1 is 1.00 bits per heavy atom. The van der Waals surface area contributed by atoms with Crippen molar-refractivity contribution in [2.45, 2.75) is 13.5 Å². The monoisotopic (exact) mass is 341 g/mol. The van der Waals surface area contributed by atoms with Crippen molar-refractivity contribution in [2.75, 3.05) is 13.7 Å². The van der Waals surface area contributed by atoms with Crippen LogP contribution in [0.15, 0.2) is 48.5 Å². The molecule has 0 aliphatic carbocycles. The summed E-state index contributed by atoms with van der Waals surface area (Å²) >= 11 is 0. The highest BCUT2D eigenvalue weighted by atomic mass is 16.5. The van der Waals surface area contributed by atoms with Crippen molar-refractivity contribution in [3.05, 3.63) is 65.2 Å². The number of methoxy groups -OCH3 is 1. The molecule has 0 aliphatic heterocycles. The van der Waals surface area contributed by atoms with Gasteiger partial charge in [-0.2, -0.15) is 0 Å². The fourth-order valence-electron chi connectivity index (χ4n) is 2.07. The largest absolute Gasteiger partial charge is 0.497 e. The van der Waals surface area contributed by atoms with Crippen molar-refractivity contribution in [1.29, 1.82) is 0 Å². The topological polar surface area (TPSA) is 81.7 Å². The van der Waals surface area contributed by atoms with Crippen LogP contribution in [0.25, 0.3) is 0 Å². The van der Waals surface area contributed by atoms with Gasteiger partial charge >= 0.3 is 5.97 Å². The van der Waals surface area contributed by atoms with Crippen LogP contribution in [0.3, 0.4) is 0 Å². The highest BCUT2D eigenvalue weighted by Crippen LogP contribution is 2.11. The molecule has 6 heteroatoms. The van der Waals surface area contributed by atoms with Gasteiger partial charge in [0.2, 0.25) is 0 Å². The van der Waals surface area contributed by atoms with E-state index >= 15 is 0 Å². The number of rotatable bonds is 7. The highest BCUT2D eigenvalue weighted by Gasteiger charge is 2.11. The van der Waals surface area contributed by atoms with E-state index in [1.165, 1.54) is 19.1 Å². The molecule has 0 spiro atoms. The van der Waals surface area contributed by atoms with Gasteiger partial charge in [-0.1, -0.05) is 24.3 Å². The minimum Gasteiger partial charge on any atom is -0.497 e. The predicted octanol–water partition coefficient (Wildman–Crippen LogP) is 2.37. The first-order chi connectivity index (χ1) is 12.0. The molecule has 0 bridgehead atoms. The summed E-state index contributed by atoms with van der Waals surface area (Å²) in [5.74, 6) is -0.474. The number of hydrogen-bond acceptors (Lipinski definition) is 5. The summed E-state index contributed by atoms with van der Waals surface area (Å²) in [5, 5.41) is 2.66. The Kier molecular flexibility index (Phi) is 6.28. The third-order valence-electron chi connectivity index (χ3n) is 3.49. The van der Waals surface area contributed by atoms with Gasteiger partial charge in [-0.05, 0) is 36.8 Å². The van der Waals surface area contributed by atoms with Crippen molar-refractivity contribution in [3.8, 4) is 5.75 Å². The van der Waals surface area contributed by atoms with Gasteiger partial charge in [-0.25, -0.2) is 4.79 Å². The second kappa shape index (κ2) is 8.63. The molecule has 25 heavy (non-hydrogen) atoms. The average Bonchev–Trinajstić information content (AvgIpc) is 2.64. The lowest BCUT2D eigenvalue weighted by molar-refractivity contribution is -0.124. The van der Waals surface area contributed by atoms with Crippen LogP contribution in [0.5, 0.6) is 5.75 Å². The van der Waals surface area contributed by atoms with E-state index in [0.29, 0.717) is 12.1 Å². The van der Waals surface area contributed by atoms with Gasteiger partial charge in [-0.15, -0.1) is 0 Å². The van der Waals surface area contributed by atoms with E-state index < -0.39 is 11.9 Å². The molecule has 2 aromatic rings. The number of amides is 1. The lowest BCUT2D eigenvalue weighted by Gasteiger charge is -2.08. The van der Waals surface area contributed by atoms with Crippen molar-refractivity contribution >= 4 is 17.7 Å². The van der Waals surface area contributed by atoms with Gasteiger partial charge in [0.05, 0.1) is 12.7 Å². The Labute approximate surface area is 145 Å². The van der Waals surface area contributed by atoms with Gasteiger partial charge < -0.3 is 14.8 Å². The maximum atomic E-state index is 11.9. The number of carbonyl (C=O) groups is 3. The molecular formula is C19H19NO5. The third-order valence-corrected chi connectivity index (χ3v) is 3.49. The Balaban J connectivity index is 1.81. The fraction of sp³-hybridized carbons (Fsp3) is 0.211.